The number of carbonyl (C=O) groups is 1. The van der Waals surface area contributed by atoms with Crippen LogP contribution in [0.4, 0.5) is 13.2 Å². The minimum atomic E-state index is -4.56. The summed E-state index contributed by atoms with van der Waals surface area (Å²) < 4.78 is 43.8. The number of hydrogen-bond acceptors (Lipinski definition) is 3. The van der Waals surface area contributed by atoms with E-state index in [1.807, 2.05) is 20.8 Å². The van der Waals surface area contributed by atoms with E-state index in [-0.39, 0.29) is 16.7 Å². The van der Waals surface area contributed by atoms with Crippen LogP contribution in [0, 0.1) is 0 Å². The van der Waals surface area contributed by atoms with Crippen molar-refractivity contribution in [1.29, 1.82) is 0 Å². The van der Waals surface area contributed by atoms with Crippen molar-refractivity contribution in [3.63, 3.8) is 0 Å². The van der Waals surface area contributed by atoms with Gasteiger partial charge in [-0.25, -0.2) is 4.79 Å². The normalized spacial score (nSPS) is 13.9. The predicted octanol–water partition coefficient (Wildman–Crippen LogP) is 4.42. The SMILES string of the molecule is CC(C)(C)N.COC(C(=O)O)(c1ccccc1)c1cccc(C(F)(F)F)c1. The molecule has 0 bridgehead atoms. The van der Waals surface area contributed by atoms with Crippen molar-refractivity contribution < 1.29 is 27.8 Å². The standard InChI is InChI=1S/C16H13F3O3.C4H11N/c1-22-15(14(20)21,11-6-3-2-4-7-11)12-8-5-9-13(10-12)16(17,18)19;1-4(2,3)5/h2-10H,1H3,(H,20,21);5H2,1-3H3. The Hall–Kier alpha value is -2.38. The molecule has 0 fully saturated rings. The lowest BCUT2D eigenvalue weighted by Crippen LogP contribution is -2.39. The van der Waals surface area contributed by atoms with Crippen LogP contribution in [0.2, 0.25) is 0 Å². The van der Waals surface area contributed by atoms with Crippen LogP contribution in [-0.4, -0.2) is 23.7 Å². The Labute approximate surface area is 156 Å². The van der Waals surface area contributed by atoms with E-state index in [2.05, 4.69) is 0 Å². The van der Waals surface area contributed by atoms with Gasteiger partial charge in [-0.05, 0) is 38.5 Å². The maximum Gasteiger partial charge on any atom is 0.416 e. The van der Waals surface area contributed by atoms with E-state index in [0.29, 0.717) is 0 Å². The fourth-order valence-electron chi connectivity index (χ4n) is 2.32. The number of ether oxygens (including phenoxy) is 1. The first-order valence-corrected chi connectivity index (χ1v) is 8.13. The molecule has 2 aromatic carbocycles. The molecular weight excluding hydrogens is 359 g/mol. The summed E-state index contributed by atoms with van der Waals surface area (Å²) >= 11 is 0. The smallest absolute Gasteiger partial charge is 0.416 e. The van der Waals surface area contributed by atoms with Crippen molar-refractivity contribution in [3.8, 4) is 0 Å². The first kappa shape index (κ1) is 22.7. The Morgan fingerprint density at radius 2 is 1.37 bits per heavy atom. The molecule has 3 N–H and O–H groups in total. The van der Waals surface area contributed by atoms with Gasteiger partial charge in [0.2, 0.25) is 5.60 Å². The summed E-state index contributed by atoms with van der Waals surface area (Å²) in [4.78, 5) is 11.8. The maximum atomic E-state index is 12.9. The molecular formula is C20H24F3NO3. The van der Waals surface area contributed by atoms with Crippen LogP contribution in [0.5, 0.6) is 0 Å². The van der Waals surface area contributed by atoms with Crippen LogP contribution in [0.1, 0.15) is 37.5 Å². The van der Waals surface area contributed by atoms with Crippen molar-refractivity contribution in [2.45, 2.75) is 38.1 Å². The Morgan fingerprint density at radius 1 is 0.926 bits per heavy atom. The lowest BCUT2D eigenvalue weighted by molar-refractivity contribution is -0.158. The number of carboxylic acids is 1. The molecule has 27 heavy (non-hydrogen) atoms. The second kappa shape index (κ2) is 8.54. The molecule has 0 saturated carbocycles. The molecule has 2 aromatic rings. The summed E-state index contributed by atoms with van der Waals surface area (Å²) in [6.45, 7) is 5.90. The monoisotopic (exact) mass is 383 g/mol. The quantitative estimate of drug-likeness (QED) is 0.820. The Morgan fingerprint density at radius 3 is 1.78 bits per heavy atom. The van der Waals surface area contributed by atoms with Crippen molar-refractivity contribution in [1.82, 2.24) is 0 Å². The van der Waals surface area contributed by atoms with Crippen LogP contribution in [0.25, 0.3) is 0 Å². The summed E-state index contributed by atoms with van der Waals surface area (Å²) in [5.74, 6) is -1.39. The molecule has 1 atom stereocenters. The summed E-state index contributed by atoms with van der Waals surface area (Å²) in [5.41, 5.74) is 2.58. The molecule has 148 valence electrons. The summed E-state index contributed by atoms with van der Waals surface area (Å²) in [5, 5.41) is 9.62. The number of benzene rings is 2. The van der Waals surface area contributed by atoms with Crippen molar-refractivity contribution in [2.24, 2.45) is 5.73 Å². The van der Waals surface area contributed by atoms with E-state index in [1.54, 1.807) is 18.2 Å². The zero-order valence-electron chi connectivity index (χ0n) is 15.7. The molecule has 0 radical (unpaired) electrons. The van der Waals surface area contributed by atoms with E-state index >= 15 is 0 Å². The van der Waals surface area contributed by atoms with Crippen molar-refractivity contribution in [3.05, 3.63) is 71.3 Å². The number of halogens is 3. The van der Waals surface area contributed by atoms with Gasteiger partial charge in [0.05, 0.1) is 5.56 Å². The number of hydrogen-bond donors (Lipinski definition) is 2. The van der Waals surface area contributed by atoms with E-state index in [0.717, 1.165) is 25.3 Å². The molecule has 0 aliphatic carbocycles. The third kappa shape index (κ3) is 6.08. The number of aliphatic carboxylic acids is 1. The van der Waals surface area contributed by atoms with Crippen LogP contribution in [-0.2, 0) is 21.3 Å². The van der Waals surface area contributed by atoms with Gasteiger partial charge < -0.3 is 15.6 Å². The van der Waals surface area contributed by atoms with Crippen molar-refractivity contribution in [2.75, 3.05) is 7.11 Å². The molecule has 2 rings (SSSR count). The molecule has 0 spiro atoms. The van der Waals surface area contributed by atoms with Gasteiger partial charge in [-0.2, -0.15) is 13.2 Å². The van der Waals surface area contributed by atoms with Gasteiger partial charge in [0.1, 0.15) is 0 Å². The molecule has 0 amide bonds. The van der Waals surface area contributed by atoms with Gasteiger partial charge in [-0.15, -0.1) is 0 Å². The number of carboxylic acid groups (broad SMARTS) is 1. The summed E-state index contributed by atoms with van der Waals surface area (Å²) in [6, 6.07) is 12.0. The molecule has 0 heterocycles. The predicted molar refractivity (Wildman–Crippen MR) is 97.3 cm³/mol. The number of alkyl halides is 3. The van der Waals surface area contributed by atoms with Gasteiger partial charge in [-0.3, -0.25) is 0 Å². The molecule has 0 aliphatic heterocycles. The van der Waals surface area contributed by atoms with E-state index in [4.69, 9.17) is 10.5 Å². The highest BCUT2D eigenvalue weighted by atomic mass is 19.4. The molecule has 0 aliphatic rings. The van der Waals surface area contributed by atoms with E-state index < -0.39 is 23.3 Å². The van der Waals surface area contributed by atoms with Gasteiger partial charge in [0.25, 0.3) is 0 Å². The fraction of sp³-hybridized carbons (Fsp3) is 0.350. The Kier molecular flexibility index (Phi) is 7.17. The van der Waals surface area contributed by atoms with Gasteiger partial charge >= 0.3 is 12.1 Å². The van der Waals surface area contributed by atoms with Crippen LogP contribution in [0.15, 0.2) is 54.6 Å². The number of methoxy groups -OCH3 is 1. The van der Waals surface area contributed by atoms with Crippen LogP contribution in [0.3, 0.4) is 0 Å². The number of rotatable bonds is 4. The molecule has 0 aromatic heterocycles. The van der Waals surface area contributed by atoms with E-state index in [1.165, 1.54) is 18.2 Å². The van der Waals surface area contributed by atoms with Crippen LogP contribution < -0.4 is 5.73 Å². The van der Waals surface area contributed by atoms with Gasteiger partial charge in [0.15, 0.2) is 0 Å². The largest absolute Gasteiger partial charge is 0.479 e. The average molecular weight is 383 g/mol. The zero-order valence-corrected chi connectivity index (χ0v) is 15.7. The third-order valence-electron chi connectivity index (χ3n) is 3.38. The molecule has 7 heteroatoms. The maximum absolute atomic E-state index is 12.9. The summed E-state index contributed by atoms with van der Waals surface area (Å²) in [7, 11) is 1.15. The zero-order chi connectivity index (χ0) is 20.9. The first-order valence-electron chi connectivity index (χ1n) is 8.13. The first-order chi connectivity index (χ1) is 12.3. The lowest BCUT2D eigenvalue weighted by Gasteiger charge is -2.29. The number of nitrogens with two attached hydrogens (primary N) is 1. The van der Waals surface area contributed by atoms with Crippen LogP contribution >= 0.6 is 0 Å². The lowest BCUT2D eigenvalue weighted by atomic mass is 9.85. The molecule has 0 saturated heterocycles. The minimum absolute atomic E-state index is 0. The highest BCUT2D eigenvalue weighted by molar-refractivity contribution is 5.84. The Bertz CT molecular complexity index is 749. The van der Waals surface area contributed by atoms with Crippen molar-refractivity contribution >= 4 is 5.97 Å². The fourth-order valence-corrected chi connectivity index (χ4v) is 2.32. The second-order valence-corrected chi connectivity index (χ2v) is 7.00. The minimum Gasteiger partial charge on any atom is -0.479 e. The topological polar surface area (TPSA) is 72.5 Å². The Balaban J connectivity index is 0.000000646. The average Bonchev–Trinajstić information content (AvgIpc) is 2.55. The molecule has 1 unspecified atom stereocenters. The van der Waals surface area contributed by atoms with E-state index in [9.17, 15) is 23.1 Å². The third-order valence-corrected chi connectivity index (χ3v) is 3.38. The molecule has 4 nitrogen and oxygen atoms in total. The highest BCUT2D eigenvalue weighted by Crippen LogP contribution is 2.37. The summed E-state index contributed by atoms with van der Waals surface area (Å²) in [6.07, 6.45) is -4.56. The van der Waals surface area contributed by atoms with Gasteiger partial charge in [0, 0.05) is 18.2 Å². The second-order valence-electron chi connectivity index (χ2n) is 7.00. The van der Waals surface area contributed by atoms with Gasteiger partial charge in [-0.1, -0.05) is 42.5 Å². The highest BCUT2D eigenvalue weighted by Gasteiger charge is 2.44.